The number of hydrogen-bond acceptors (Lipinski definition) is 4. The van der Waals surface area contributed by atoms with Crippen molar-refractivity contribution < 1.29 is 9.18 Å². The summed E-state index contributed by atoms with van der Waals surface area (Å²) in [6.45, 7) is 0.128. The summed E-state index contributed by atoms with van der Waals surface area (Å²) in [7, 11) is 3.96. The number of nitrogens with zero attached hydrogens (tertiary/aromatic N) is 2. The van der Waals surface area contributed by atoms with Gasteiger partial charge in [-0.2, -0.15) is 0 Å². The highest BCUT2D eigenvalue weighted by Crippen LogP contribution is 2.19. The fourth-order valence-corrected chi connectivity index (χ4v) is 2.55. The molecule has 2 aromatic carbocycles. The van der Waals surface area contributed by atoms with Gasteiger partial charge in [-0.15, -0.1) is 0 Å². The van der Waals surface area contributed by atoms with Crippen LogP contribution < -0.4 is 15.5 Å². The van der Waals surface area contributed by atoms with Gasteiger partial charge in [0.2, 0.25) is 0 Å². The number of carbonyl (C=O) groups is 1. The van der Waals surface area contributed by atoms with E-state index < -0.39 is 0 Å². The summed E-state index contributed by atoms with van der Waals surface area (Å²) in [5.41, 5.74) is 2.86. The molecule has 0 saturated heterocycles. The van der Waals surface area contributed by atoms with E-state index in [0.29, 0.717) is 16.9 Å². The Morgan fingerprint density at radius 1 is 1.07 bits per heavy atom. The Labute approximate surface area is 157 Å². The second-order valence-corrected chi connectivity index (χ2v) is 6.27. The van der Waals surface area contributed by atoms with Gasteiger partial charge < -0.3 is 15.5 Å². The van der Waals surface area contributed by atoms with Gasteiger partial charge >= 0.3 is 0 Å². The molecule has 27 heavy (non-hydrogen) atoms. The lowest BCUT2D eigenvalue weighted by atomic mass is 10.2. The maximum atomic E-state index is 13.7. The molecule has 0 saturated carbocycles. The van der Waals surface area contributed by atoms with Crippen molar-refractivity contribution in [1.82, 2.24) is 10.3 Å². The van der Waals surface area contributed by atoms with Gasteiger partial charge in [-0.1, -0.05) is 18.2 Å². The van der Waals surface area contributed by atoms with Crippen molar-refractivity contribution in [3.63, 3.8) is 0 Å². The highest BCUT2D eigenvalue weighted by Gasteiger charge is 2.09. The van der Waals surface area contributed by atoms with Gasteiger partial charge in [-0.3, -0.25) is 4.79 Å². The molecule has 3 aromatic rings. The Kier molecular flexibility index (Phi) is 5.66. The van der Waals surface area contributed by atoms with E-state index in [1.807, 2.05) is 43.3 Å². The Morgan fingerprint density at radius 3 is 2.52 bits per heavy atom. The summed E-state index contributed by atoms with van der Waals surface area (Å²) < 4.78 is 13.7. The van der Waals surface area contributed by atoms with Gasteiger partial charge in [0.05, 0.1) is 0 Å². The van der Waals surface area contributed by atoms with Gasteiger partial charge in [0.15, 0.2) is 0 Å². The summed E-state index contributed by atoms with van der Waals surface area (Å²) in [5.74, 6) is -0.0612. The minimum atomic E-state index is -0.337. The number of anilines is 3. The summed E-state index contributed by atoms with van der Waals surface area (Å²) in [4.78, 5) is 18.6. The van der Waals surface area contributed by atoms with Crippen molar-refractivity contribution in [3.05, 3.63) is 83.8 Å². The molecule has 0 atom stereocenters. The maximum absolute atomic E-state index is 13.7. The average molecular weight is 364 g/mol. The smallest absolute Gasteiger partial charge is 0.251 e. The normalized spacial score (nSPS) is 10.3. The van der Waals surface area contributed by atoms with Crippen LogP contribution in [0.4, 0.5) is 21.6 Å². The zero-order valence-electron chi connectivity index (χ0n) is 15.2. The molecule has 138 valence electrons. The first-order chi connectivity index (χ1) is 13.0. The number of rotatable bonds is 6. The third-order valence-electron chi connectivity index (χ3n) is 4.08. The summed E-state index contributed by atoms with van der Waals surface area (Å²) in [6.07, 6.45) is 1.56. The molecule has 0 unspecified atom stereocenters. The lowest BCUT2D eigenvalue weighted by Crippen LogP contribution is -2.23. The molecule has 0 radical (unpaired) electrons. The van der Waals surface area contributed by atoms with Crippen LogP contribution in [0.2, 0.25) is 0 Å². The molecule has 6 heteroatoms. The third kappa shape index (κ3) is 4.82. The fourth-order valence-electron chi connectivity index (χ4n) is 2.55. The van der Waals surface area contributed by atoms with Gasteiger partial charge in [-0.25, -0.2) is 9.37 Å². The second-order valence-electron chi connectivity index (χ2n) is 6.27. The highest BCUT2D eigenvalue weighted by molar-refractivity contribution is 5.94. The van der Waals surface area contributed by atoms with Crippen LogP contribution in [0.15, 0.2) is 66.9 Å². The lowest BCUT2D eigenvalue weighted by Gasteiger charge is -2.13. The van der Waals surface area contributed by atoms with Crippen molar-refractivity contribution in [2.75, 3.05) is 24.3 Å². The standard InChI is InChI=1S/C21H21FN4O/c1-26(2)18-9-7-17(8-10-18)25-20-13-15(11-12-23-20)21(27)24-14-16-5-3-4-6-19(16)22/h3-13H,14H2,1-2H3,(H,23,25)(H,24,27). The van der Waals surface area contributed by atoms with Crippen LogP contribution in [-0.4, -0.2) is 25.0 Å². The number of amides is 1. The van der Waals surface area contributed by atoms with Crippen LogP contribution in [0.3, 0.4) is 0 Å². The Hall–Kier alpha value is -3.41. The zero-order valence-corrected chi connectivity index (χ0v) is 15.2. The van der Waals surface area contributed by atoms with Gasteiger partial charge in [0, 0.05) is 49.3 Å². The number of benzene rings is 2. The van der Waals surface area contributed by atoms with Gasteiger partial charge in [-0.05, 0) is 42.5 Å². The number of carbonyl (C=O) groups excluding carboxylic acids is 1. The molecule has 2 N–H and O–H groups in total. The lowest BCUT2D eigenvalue weighted by molar-refractivity contribution is 0.0950. The van der Waals surface area contributed by atoms with Crippen LogP contribution in [0.1, 0.15) is 15.9 Å². The summed E-state index contributed by atoms with van der Waals surface area (Å²) >= 11 is 0. The Bertz CT molecular complexity index is 925. The molecule has 0 fully saturated rings. The predicted octanol–water partition coefficient (Wildman–Crippen LogP) is 3.96. The monoisotopic (exact) mass is 364 g/mol. The molecular weight excluding hydrogens is 343 g/mol. The number of hydrogen-bond donors (Lipinski definition) is 2. The predicted molar refractivity (Wildman–Crippen MR) is 106 cm³/mol. The first-order valence-electron chi connectivity index (χ1n) is 8.55. The molecule has 0 aliphatic carbocycles. The number of pyridine rings is 1. The van der Waals surface area contributed by atoms with E-state index in [1.54, 1.807) is 36.5 Å². The van der Waals surface area contributed by atoms with Crippen molar-refractivity contribution >= 4 is 23.1 Å². The molecule has 1 heterocycles. The largest absolute Gasteiger partial charge is 0.378 e. The minimum Gasteiger partial charge on any atom is -0.378 e. The molecule has 0 bridgehead atoms. The van der Waals surface area contributed by atoms with Crippen molar-refractivity contribution in [2.45, 2.75) is 6.54 Å². The topological polar surface area (TPSA) is 57.3 Å². The number of aromatic nitrogens is 1. The third-order valence-corrected chi connectivity index (χ3v) is 4.08. The number of halogens is 1. The highest BCUT2D eigenvalue weighted by atomic mass is 19.1. The van der Waals surface area contributed by atoms with Crippen LogP contribution in [0, 0.1) is 5.82 Å². The van der Waals surface area contributed by atoms with E-state index in [1.165, 1.54) is 6.07 Å². The molecular formula is C21H21FN4O. The van der Waals surface area contributed by atoms with E-state index in [-0.39, 0.29) is 18.3 Å². The number of nitrogens with one attached hydrogen (secondary N) is 2. The Morgan fingerprint density at radius 2 is 1.81 bits per heavy atom. The first-order valence-corrected chi connectivity index (χ1v) is 8.55. The van der Waals surface area contributed by atoms with E-state index in [2.05, 4.69) is 15.6 Å². The maximum Gasteiger partial charge on any atom is 0.251 e. The zero-order chi connectivity index (χ0) is 19.2. The van der Waals surface area contributed by atoms with Crippen molar-refractivity contribution in [1.29, 1.82) is 0 Å². The van der Waals surface area contributed by atoms with Gasteiger partial charge in [0.25, 0.3) is 5.91 Å². The first kappa shape index (κ1) is 18.4. The van der Waals surface area contributed by atoms with Crippen LogP contribution in [-0.2, 0) is 6.54 Å². The Balaban J connectivity index is 1.65. The minimum absolute atomic E-state index is 0.128. The van der Waals surface area contributed by atoms with Crippen LogP contribution >= 0.6 is 0 Å². The molecule has 0 aliphatic heterocycles. The van der Waals surface area contributed by atoms with Gasteiger partial charge in [0.1, 0.15) is 11.6 Å². The molecule has 1 amide bonds. The molecule has 1 aromatic heterocycles. The molecule has 0 aliphatic rings. The quantitative estimate of drug-likeness (QED) is 0.695. The summed E-state index contributed by atoms with van der Waals surface area (Å²) in [6, 6.07) is 17.5. The van der Waals surface area contributed by atoms with E-state index >= 15 is 0 Å². The van der Waals surface area contributed by atoms with E-state index in [0.717, 1.165) is 11.4 Å². The van der Waals surface area contributed by atoms with Crippen LogP contribution in [0.25, 0.3) is 0 Å². The average Bonchev–Trinajstić information content (AvgIpc) is 2.68. The molecule has 3 rings (SSSR count). The molecule has 0 spiro atoms. The van der Waals surface area contributed by atoms with Crippen LogP contribution in [0.5, 0.6) is 0 Å². The second kappa shape index (κ2) is 8.31. The SMILES string of the molecule is CN(C)c1ccc(Nc2cc(C(=O)NCc3ccccc3F)ccn2)cc1. The van der Waals surface area contributed by atoms with E-state index in [9.17, 15) is 9.18 Å². The van der Waals surface area contributed by atoms with E-state index in [4.69, 9.17) is 0 Å². The fraction of sp³-hybridized carbons (Fsp3) is 0.143. The van der Waals surface area contributed by atoms with Crippen molar-refractivity contribution in [3.8, 4) is 0 Å². The van der Waals surface area contributed by atoms with Crippen molar-refractivity contribution in [2.24, 2.45) is 0 Å². The molecule has 5 nitrogen and oxygen atoms in total. The summed E-state index contributed by atoms with van der Waals surface area (Å²) in [5, 5.41) is 5.91.